The zero-order valence-electron chi connectivity index (χ0n) is 19.5. The highest BCUT2D eigenvalue weighted by molar-refractivity contribution is 6.96. The molecule has 3 aliphatic rings. The van der Waals surface area contributed by atoms with E-state index in [1.54, 1.807) is 5.56 Å². The van der Waals surface area contributed by atoms with Crippen LogP contribution >= 0.6 is 0 Å². The quantitative estimate of drug-likeness (QED) is 0.328. The first kappa shape index (κ1) is 19.4. The number of fused-ring (bicyclic) bond motifs is 6. The molecule has 31 heavy (non-hydrogen) atoms. The molecule has 0 radical (unpaired) electrons. The van der Waals surface area contributed by atoms with Crippen LogP contribution in [0.25, 0.3) is 11.3 Å². The number of benzene rings is 2. The summed E-state index contributed by atoms with van der Waals surface area (Å²) in [6.45, 7) is 16.3. The molecule has 0 fully saturated rings. The average Bonchev–Trinajstić information content (AvgIpc) is 3.21. The molecule has 0 saturated heterocycles. The molecule has 1 aliphatic carbocycles. The van der Waals surface area contributed by atoms with E-state index in [1.165, 1.54) is 44.9 Å². The summed E-state index contributed by atoms with van der Waals surface area (Å²) in [7, 11) is -2.87. The van der Waals surface area contributed by atoms with E-state index in [1.807, 2.05) is 6.20 Å². The van der Waals surface area contributed by atoms with Crippen molar-refractivity contribution in [1.82, 2.24) is 4.98 Å². The van der Waals surface area contributed by atoms with Crippen LogP contribution in [0, 0.1) is 0 Å². The smallest absolute Gasteiger partial charge is 0.210 e. The zero-order chi connectivity index (χ0) is 21.7. The molecule has 3 heterocycles. The minimum atomic E-state index is -1.44. The average molecular weight is 440 g/mol. The van der Waals surface area contributed by atoms with Gasteiger partial charge in [-0.05, 0) is 22.4 Å². The molecule has 2 aromatic carbocycles. The predicted octanol–water partition coefficient (Wildman–Crippen LogP) is 6.69. The Kier molecular flexibility index (Phi) is 3.84. The van der Waals surface area contributed by atoms with E-state index >= 15 is 0 Å². The van der Waals surface area contributed by atoms with Crippen molar-refractivity contribution in [2.24, 2.45) is 0 Å². The molecule has 3 aromatic rings. The van der Waals surface area contributed by atoms with Crippen LogP contribution in [0.15, 0.2) is 54.7 Å². The molecular weight excluding hydrogens is 408 g/mol. The summed E-state index contributed by atoms with van der Waals surface area (Å²) in [6.07, 6.45) is 2.04. The Morgan fingerprint density at radius 3 is 2.29 bits per heavy atom. The SMILES string of the molecule is C[Si](C)(C)C(c1cccc2c1-c1nccc3c1C1=[N+](C3)c3ccccc3C12)[Si](C)(C)C. The second-order valence-corrected chi connectivity index (χ2v) is 22.8. The first-order chi connectivity index (χ1) is 14.7. The van der Waals surface area contributed by atoms with E-state index in [0.29, 0.717) is 11.1 Å². The Balaban J connectivity index is 1.72. The summed E-state index contributed by atoms with van der Waals surface area (Å²) in [5.41, 5.74) is 12.9. The second-order valence-electron chi connectivity index (χ2n) is 11.6. The Hall–Kier alpha value is -2.31. The highest BCUT2D eigenvalue weighted by Crippen LogP contribution is 2.54. The monoisotopic (exact) mass is 439 g/mol. The molecule has 2 nitrogen and oxygen atoms in total. The molecule has 2 aliphatic heterocycles. The van der Waals surface area contributed by atoms with Gasteiger partial charge in [0.2, 0.25) is 11.4 Å². The molecule has 156 valence electrons. The van der Waals surface area contributed by atoms with Crippen LogP contribution in [-0.2, 0) is 6.54 Å². The third-order valence-corrected chi connectivity index (χ3v) is 16.7. The minimum absolute atomic E-state index is 0.341. The Labute approximate surface area is 187 Å². The van der Waals surface area contributed by atoms with E-state index in [4.69, 9.17) is 4.98 Å². The minimum Gasteiger partial charge on any atom is -0.255 e. The van der Waals surface area contributed by atoms with E-state index in [-0.39, 0.29) is 0 Å². The number of hydrogen-bond acceptors (Lipinski definition) is 1. The van der Waals surface area contributed by atoms with Crippen molar-refractivity contribution in [2.45, 2.75) is 56.9 Å². The topological polar surface area (TPSA) is 15.9 Å². The summed E-state index contributed by atoms with van der Waals surface area (Å²) in [6, 6.07) is 18.4. The maximum absolute atomic E-state index is 5.06. The first-order valence-corrected chi connectivity index (χ1v) is 18.7. The Morgan fingerprint density at radius 2 is 1.55 bits per heavy atom. The van der Waals surface area contributed by atoms with Crippen molar-refractivity contribution in [3.63, 3.8) is 0 Å². The maximum Gasteiger partial charge on any atom is 0.210 e. The van der Waals surface area contributed by atoms with Crippen LogP contribution < -0.4 is 0 Å². The lowest BCUT2D eigenvalue weighted by atomic mass is 9.75. The molecule has 1 atom stereocenters. The molecule has 0 N–H and O–H groups in total. The lowest BCUT2D eigenvalue weighted by Crippen LogP contribution is -2.47. The van der Waals surface area contributed by atoms with Crippen LogP contribution in [-0.4, -0.2) is 31.4 Å². The summed E-state index contributed by atoms with van der Waals surface area (Å²) in [5.74, 6) is 0.341. The van der Waals surface area contributed by atoms with Crippen molar-refractivity contribution >= 4 is 27.5 Å². The molecular formula is C27H31N2Si2+. The number of aromatic nitrogens is 1. The summed E-state index contributed by atoms with van der Waals surface area (Å²) >= 11 is 0. The second kappa shape index (κ2) is 6.14. The predicted molar refractivity (Wildman–Crippen MR) is 135 cm³/mol. The molecule has 6 rings (SSSR count). The van der Waals surface area contributed by atoms with Crippen molar-refractivity contribution in [2.75, 3.05) is 0 Å². The van der Waals surface area contributed by atoms with Gasteiger partial charge in [-0.2, -0.15) is 4.58 Å². The number of pyridine rings is 1. The van der Waals surface area contributed by atoms with Crippen molar-refractivity contribution in [3.8, 4) is 11.3 Å². The Bertz CT molecular complexity index is 1280. The molecule has 0 amide bonds. The molecule has 0 bridgehead atoms. The van der Waals surface area contributed by atoms with Gasteiger partial charge in [-0.15, -0.1) is 0 Å². The Morgan fingerprint density at radius 1 is 0.839 bits per heavy atom. The van der Waals surface area contributed by atoms with Gasteiger partial charge in [-0.1, -0.05) is 75.7 Å². The fourth-order valence-corrected chi connectivity index (χ4v) is 19.8. The third kappa shape index (κ3) is 2.55. The van der Waals surface area contributed by atoms with Crippen molar-refractivity contribution < 1.29 is 4.58 Å². The lowest BCUT2D eigenvalue weighted by Gasteiger charge is -2.41. The first-order valence-electron chi connectivity index (χ1n) is 11.5. The van der Waals surface area contributed by atoms with Crippen LogP contribution in [0.4, 0.5) is 5.69 Å². The summed E-state index contributed by atoms with van der Waals surface area (Å²) in [4.78, 5) is 5.06. The fourth-order valence-electron chi connectivity index (χ4n) is 7.03. The van der Waals surface area contributed by atoms with Gasteiger partial charge in [0, 0.05) is 45.1 Å². The van der Waals surface area contributed by atoms with Gasteiger partial charge >= 0.3 is 0 Å². The van der Waals surface area contributed by atoms with Gasteiger partial charge in [0.15, 0.2) is 6.54 Å². The van der Waals surface area contributed by atoms with Gasteiger partial charge < -0.3 is 0 Å². The third-order valence-electron chi connectivity index (χ3n) is 7.44. The largest absolute Gasteiger partial charge is 0.255 e. The van der Waals surface area contributed by atoms with Crippen molar-refractivity contribution in [3.05, 3.63) is 82.5 Å². The van der Waals surface area contributed by atoms with Crippen LogP contribution in [0.2, 0.25) is 39.3 Å². The number of rotatable bonds is 3. The van der Waals surface area contributed by atoms with Crippen molar-refractivity contribution in [1.29, 1.82) is 0 Å². The fraction of sp³-hybridized carbons (Fsp3) is 0.333. The van der Waals surface area contributed by atoms with E-state index < -0.39 is 16.1 Å². The van der Waals surface area contributed by atoms with Crippen LogP contribution in [0.1, 0.15) is 38.9 Å². The maximum atomic E-state index is 5.06. The molecule has 4 heteroatoms. The van der Waals surface area contributed by atoms with Crippen LogP contribution in [0.3, 0.4) is 0 Å². The van der Waals surface area contributed by atoms with Gasteiger partial charge in [0.25, 0.3) is 0 Å². The highest BCUT2D eigenvalue weighted by Gasteiger charge is 2.52. The summed E-state index contributed by atoms with van der Waals surface area (Å²) in [5, 5.41) is 0.698. The lowest BCUT2D eigenvalue weighted by molar-refractivity contribution is -0.449. The van der Waals surface area contributed by atoms with E-state index in [9.17, 15) is 0 Å². The molecule has 0 spiro atoms. The number of para-hydroxylation sites is 1. The van der Waals surface area contributed by atoms with Crippen LogP contribution in [0.5, 0.6) is 0 Å². The zero-order valence-corrected chi connectivity index (χ0v) is 21.5. The van der Waals surface area contributed by atoms with Gasteiger partial charge in [-0.25, -0.2) is 0 Å². The number of nitrogens with zero attached hydrogens (tertiary/aromatic N) is 2. The standard InChI is InChI=1S/C27H31N2Si2/c1-30(2,3)27(31(4,5)6)20-12-9-11-19-23(20)25-22-17(14-15-28-25)16-29-21-13-8-7-10-18(21)24(19)26(22)29/h7-15,24,27H,16H2,1-6H3/q+1. The van der Waals surface area contributed by atoms with E-state index in [0.717, 1.165) is 6.54 Å². The van der Waals surface area contributed by atoms with Gasteiger partial charge in [0.1, 0.15) is 5.92 Å². The molecule has 1 aromatic heterocycles. The van der Waals surface area contributed by atoms with E-state index in [2.05, 4.69) is 92.4 Å². The molecule has 1 unspecified atom stereocenters. The highest BCUT2D eigenvalue weighted by atomic mass is 28.4. The van der Waals surface area contributed by atoms with Gasteiger partial charge in [-0.3, -0.25) is 4.98 Å². The number of hydrogen-bond donors (Lipinski definition) is 0. The summed E-state index contributed by atoms with van der Waals surface area (Å²) < 4.78 is 2.56. The normalized spacial score (nSPS) is 18.4. The van der Waals surface area contributed by atoms with Gasteiger partial charge in [0.05, 0.1) is 11.3 Å². The molecule has 0 saturated carbocycles.